The van der Waals surface area contributed by atoms with Crippen LogP contribution in [-0.4, -0.2) is 30.3 Å². The Morgan fingerprint density at radius 3 is 2.62 bits per heavy atom. The Labute approximate surface area is 132 Å². The van der Waals surface area contributed by atoms with Crippen LogP contribution >= 0.6 is 12.2 Å². The molecule has 1 heterocycles. The summed E-state index contributed by atoms with van der Waals surface area (Å²) in [5.74, 6) is 0.746. The number of nitrogens with one attached hydrogen (secondary N) is 3. The van der Waals surface area contributed by atoms with Crippen LogP contribution in [-0.2, 0) is 9.53 Å². The normalized spacial score (nSPS) is 22.8. The van der Waals surface area contributed by atoms with Crippen LogP contribution < -0.4 is 16.2 Å². The Hall–Kier alpha value is -0.880. The van der Waals surface area contributed by atoms with Gasteiger partial charge in [0.15, 0.2) is 5.11 Å². The molecule has 1 aliphatic carbocycles. The van der Waals surface area contributed by atoms with E-state index in [0.29, 0.717) is 18.1 Å². The van der Waals surface area contributed by atoms with Crippen molar-refractivity contribution in [3.05, 3.63) is 0 Å². The van der Waals surface area contributed by atoms with Crippen molar-refractivity contribution in [1.29, 1.82) is 0 Å². The van der Waals surface area contributed by atoms with Crippen molar-refractivity contribution in [2.75, 3.05) is 13.2 Å². The lowest BCUT2D eigenvalue weighted by molar-refractivity contribution is -0.122. The van der Waals surface area contributed by atoms with Gasteiger partial charge < -0.3 is 10.1 Å². The Bertz CT molecular complexity index is 340. The molecule has 2 fully saturated rings. The van der Waals surface area contributed by atoms with Crippen molar-refractivity contribution in [3.63, 3.8) is 0 Å². The van der Waals surface area contributed by atoms with Gasteiger partial charge in [0.05, 0.1) is 6.10 Å². The molecule has 0 aromatic heterocycles. The lowest BCUT2D eigenvalue weighted by atomic mass is 9.86. The molecule has 21 heavy (non-hydrogen) atoms. The van der Waals surface area contributed by atoms with Gasteiger partial charge in [0.25, 0.3) is 0 Å². The van der Waals surface area contributed by atoms with Gasteiger partial charge >= 0.3 is 0 Å². The lowest BCUT2D eigenvalue weighted by Crippen LogP contribution is -2.48. The molecule has 0 radical (unpaired) electrons. The molecule has 5 nitrogen and oxygen atoms in total. The summed E-state index contributed by atoms with van der Waals surface area (Å²) in [6, 6.07) is 0. The van der Waals surface area contributed by atoms with E-state index in [1.807, 2.05) is 0 Å². The molecule has 1 atom stereocenters. The summed E-state index contributed by atoms with van der Waals surface area (Å²) in [6.07, 6.45) is 10.6. The maximum Gasteiger partial charge on any atom is 0.238 e. The van der Waals surface area contributed by atoms with E-state index in [1.54, 1.807) is 0 Å². The number of amides is 1. The van der Waals surface area contributed by atoms with E-state index in [9.17, 15) is 4.79 Å². The Morgan fingerprint density at radius 1 is 1.10 bits per heavy atom. The van der Waals surface area contributed by atoms with Gasteiger partial charge in [0.1, 0.15) is 0 Å². The lowest BCUT2D eigenvalue weighted by Gasteiger charge is -2.21. The number of thiocarbonyl (C=S) groups is 1. The van der Waals surface area contributed by atoms with Gasteiger partial charge in [-0.05, 0) is 37.4 Å². The molecular formula is C15H27N3O2S. The third-order valence-corrected chi connectivity index (χ3v) is 4.58. The molecule has 120 valence electrons. The number of ether oxygens (including phenoxy) is 1. The summed E-state index contributed by atoms with van der Waals surface area (Å²) >= 11 is 5.12. The standard InChI is InChI=1S/C15H27N3O2S/c19-14(9-8-12-5-2-1-3-6-12)17-18-15(21)16-11-13-7-4-10-20-13/h12-13H,1-11H2,(H,17,19)(H2,16,18,21). The quantitative estimate of drug-likeness (QED) is 0.535. The first-order chi connectivity index (χ1) is 10.2. The monoisotopic (exact) mass is 313 g/mol. The Balaban J connectivity index is 1.50. The highest BCUT2D eigenvalue weighted by molar-refractivity contribution is 7.80. The molecule has 1 saturated carbocycles. The van der Waals surface area contributed by atoms with Crippen molar-refractivity contribution in [1.82, 2.24) is 16.2 Å². The van der Waals surface area contributed by atoms with Crippen LogP contribution in [0.2, 0.25) is 0 Å². The van der Waals surface area contributed by atoms with Gasteiger partial charge in [-0.25, -0.2) is 0 Å². The molecule has 2 rings (SSSR count). The molecule has 0 aromatic rings. The molecule has 0 spiro atoms. The fraction of sp³-hybridized carbons (Fsp3) is 0.867. The molecule has 2 aliphatic rings. The van der Waals surface area contributed by atoms with Gasteiger partial charge in [-0.2, -0.15) is 0 Å². The van der Waals surface area contributed by atoms with Crippen molar-refractivity contribution < 1.29 is 9.53 Å². The summed E-state index contributed by atoms with van der Waals surface area (Å²) in [5.41, 5.74) is 5.42. The zero-order chi connectivity index (χ0) is 14.9. The summed E-state index contributed by atoms with van der Waals surface area (Å²) in [5, 5.41) is 3.52. The van der Waals surface area contributed by atoms with Crippen LogP contribution in [0, 0.1) is 5.92 Å². The number of hydrogen-bond acceptors (Lipinski definition) is 3. The first kappa shape index (κ1) is 16.5. The number of carbonyl (C=O) groups excluding carboxylic acids is 1. The van der Waals surface area contributed by atoms with Crippen LogP contribution in [0.1, 0.15) is 57.8 Å². The zero-order valence-corrected chi connectivity index (χ0v) is 13.5. The first-order valence-corrected chi connectivity index (χ1v) is 8.59. The van der Waals surface area contributed by atoms with E-state index in [1.165, 1.54) is 32.1 Å². The first-order valence-electron chi connectivity index (χ1n) is 8.18. The molecule has 1 saturated heterocycles. The Kier molecular flexibility index (Phi) is 7.23. The number of hydrogen-bond donors (Lipinski definition) is 3. The predicted octanol–water partition coefficient (Wildman–Crippen LogP) is 2.02. The van der Waals surface area contributed by atoms with E-state index in [0.717, 1.165) is 31.8 Å². The topological polar surface area (TPSA) is 62.4 Å². The second-order valence-corrected chi connectivity index (χ2v) is 6.47. The van der Waals surface area contributed by atoms with Gasteiger partial charge in [0, 0.05) is 19.6 Å². The van der Waals surface area contributed by atoms with Crippen LogP contribution in [0.4, 0.5) is 0 Å². The maximum absolute atomic E-state index is 11.8. The number of carbonyl (C=O) groups is 1. The minimum Gasteiger partial charge on any atom is -0.376 e. The molecule has 1 amide bonds. The Morgan fingerprint density at radius 2 is 1.90 bits per heavy atom. The van der Waals surface area contributed by atoms with Crippen LogP contribution in [0.3, 0.4) is 0 Å². The maximum atomic E-state index is 11.8. The fourth-order valence-electron chi connectivity index (χ4n) is 3.06. The molecule has 0 bridgehead atoms. The van der Waals surface area contributed by atoms with Gasteiger partial charge in [0.2, 0.25) is 5.91 Å². The molecule has 1 unspecified atom stereocenters. The van der Waals surface area contributed by atoms with E-state index in [-0.39, 0.29) is 12.0 Å². The second kappa shape index (κ2) is 9.20. The largest absolute Gasteiger partial charge is 0.376 e. The molecule has 0 aromatic carbocycles. The minimum atomic E-state index is 0.0156. The summed E-state index contributed by atoms with van der Waals surface area (Å²) in [6.45, 7) is 1.54. The van der Waals surface area contributed by atoms with Gasteiger partial charge in [-0.1, -0.05) is 32.1 Å². The van der Waals surface area contributed by atoms with Crippen molar-refractivity contribution >= 4 is 23.2 Å². The summed E-state index contributed by atoms with van der Waals surface area (Å²) in [4.78, 5) is 11.8. The van der Waals surface area contributed by atoms with E-state index < -0.39 is 0 Å². The van der Waals surface area contributed by atoms with E-state index in [4.69, 9.17) is 17.0 Å². The third kappa shape index (κ3) is 6.61. The van der Waals surface area contributed by atoms with Gasteiger partial charge in [-0.15, -0.1) is 0 Å². The predicted molar refractivity (Wildman–Crippen MR) is 86.7 cm³/mol. The van der Waals surface area contributed by atoms with Gasteiger partial charge in [-0.3, -0.25) is 15.6 Å². The highest BCUT2D eigenvalue weighted by Gasteiger charge is 2.16. The van der Waals surface area contributed by atoms with Crippen molar-refractivity contribution in [3.8, 4) is 0 Å². The average Bonchev–Trinajstić information content (AvgIpc) is 3.03. The minimum absolute atomic E-state index is 0.0156. The van der Waals surface area contributed by atoms with E-state index in [2.05, 4.69) is 16.2 Å². The number of hydrazine groups is 1. The summed E-state index contributed by atoms with van der Waals surface area (Å²) < 4.78 is 5.50. The van der Waals surface area contributed by atoms with Crippen LogP contribution in [0.5, 0.6) is 0 Å². The van der Waals surface area contributed by atoms with Crippen molar-refractivity contribution in [2.24, 2.45) is 5.92 Å². The third-order valence-electron chi connectivity index (χ3n) is 4.33. The van der Waals surface area contributed by atoms with Crippen LogP contribution in [0.25, 0.3) is 0 Å². The van der Waals surface area contributed by atoms with Crippen molar-refractivity contribution in [2.45, 2.75) is 63.9 Å². The highest BCUT2D eigenvalue weighted by atomic mass is 32.1. The molecular weight excluding hydrogens is 286 g/mol. The molecule has 3 N–H and O–H groups in total. The summed E-state index contributed by atoms with van der Waals surface area (Å²) in [7, 11) is 0. The molecule has 1 aliphatic heterocycles. The number of rotatable bonds is 5. The average molecular weight is 313 g/mol. The smallest absolute Gasteiger partial charge is 0.238 e. The van der Waals surface area contributed by atoms with E-state index >= 15 is 0 Å². The fourth-order valence-corrected chi connectivity index (χ4v) is 3.19. The molecule has 6 heteroatoms. The van der Waals surface area contributed by atoms with Crippen LogP contribution in [0.15, 0.2) is 0 Å². The second-order valence-electron chi connectivity index (χ2n) is 6.06. The zero-order valence-electron chi connectivity index (χ0n) is 12.7. The SMILES string of the molecule is O=C(CCC1CCCCC1)NNC(=S)NCC1CCCO1. The highest BCUT2D eigenvalue weighted by Crippen LogP contribution is 2.27.